The number of aliphatic hydroxyl groups is 1. The number of nitrogens with one attached hydrogen (secondary N) is 2. The van der Waals surface area contributed by atoms with Gasteiger partial charge in [0.1, 0.15) is 5.72 Å². The molecular formula is C16H35N3O2. The minimum atomic E-state index is -1.09. The minimum Gasteiger partial charge on any atom is -0.374 e. The highest BCUT2D eigenvalue weighted by atomic mass is 16.3. The molecule has 0 heterocycles. The van der Waals surface area contributed by atoms with Crippen molar-refractivity contribution in [3.63, 3.8) is 0 Å². The lowest BCUT2D eigenvalue weighted by atomic mass is 9.98. The first-order valence-electron chi connectivity index (χ1n) is 8.11. The topological polar surface area (TPSA) is 64.6 Å². The van der Waals surface area contributed by atoms with Crippen LogP contribution in [-0.2, 0) is 4.79 Å². The summed E-state index contributed by atoms with van der Waals surface area (Å²) in [7, 11) is 3.74. The van der Waals surface area contributed by atoms with E-state index < -0.39 is 5.72 Å². The number of carbonyl (C=O) groups excluding carboxylic acids is 1. The Kier molecular flexibility index (Phi) is 9.09. The summed E-state index contributed by atoms with van der Waals surface area (Å²) in [6.45, 7) is 10.8. The molecule has 1 amide bonds. The first kappa shape index (κ1) is 20.3. The summed E-state index contributed by atoms with van der Waals surface area (Å²) in [5, 5.41) is 16.3. The third kappa shape index (κ3) is 6.76. The zero-order valence-corrected chi connectivity index (χ0v) is 14.9. The van der Waals surface area contributed by atoms with Crippen LogP contribution in [0.4, 0.5) is 0 Å². The van der Waals surface area contributed by atoms with E-state index in [1.54, 1.807) is 14.0 Å². The fourth-order valence-corrected chi connectivity index (χ4v) is 2.20. The van der Waals surface area contributed by atoms with Crippen LogP contribution in [0.5, 0.6) is 0 Å². The molecule has 0 aliphatic rings. The number of rotatable bonds is 10. The highest BCUT2D eigenvalue weighted by molar-refractivity contribution is 5.79. The van der Waals surface area contributed by atoms with Gasteiger partial charge in [-0.3, -0.25) is 10.1 Å². The van der Waals surface area contributed by atoms with E-state index in [4.69, 9.17) is 0 Å². The zero-order valence-electron chi connectivity index (χ0n) is 14.9. The fourth-order valence-electron chi connectivity index (χ4n) is 2.20. The Hall–Kier alpha value is -0.650. The largest absolute Gasteiger partial charge is 0.374 e. The minimum absolute atomic E-state index is 0.0268. The molecule has 0 aliphatic heterocycles. The molecule has 0 aliphatic carbocycles. The maximum Gasteiger partial charge on any atom is 0.224 e. The summed E-state index contributed by atoms with van der Waals surface area (Å²) in [4.78, 5) is 14.7. The lowest BCUT2D eigenvalue weighted by Crippen LogP contribution is -2.59. The molecule has 0 fully saturated rings. The number of likely N-dealkylation sites (N-methyl/N-ethyl adjacent to an activating group) is 1. The van der Waals surface area contributed by atoms with E-state index in [9.17, 15) is 9.90 Å². The Labute approximate surface area is 130 Å². The van der Waals surface area contributed by atoms with Gasteiger partial charge in [0.05, 0.1) is 12.0 Å². The van der Waals surface area contributed by atoms with Gasteiger partial charge in [0.2, 0.25) is 5.91 Å². The number of hydrogen-bond acceptors (Lipinski definition) is 4. The summed E-state index contributed by atoms with van der Waals surface area (Å²) in [5.41, 5.74) is -1.09. The summed E-state index contributed by atoms with van der Waals surface area (Å²) in [6.07, 6.45) is 2.45. The Bertz CT molecular complexity index is 306. The Morgan fingerprint density at radius 2 is 1.90 bits per heavy atom. The van der Waals surface area contributed by atoms with Crippen LogP contribution in [0.25, 0.3) is 0 Å². The van der Waals surface area contributed by atoms with Gasteiger partial charge >= 0.3 is 0 Å². The standard InChI is InChI=1S/C16H35N3O2/c1-8-10-14(16(5,21)17-6)18-15(20)13(9-2)11-19(7)12(3)4/h12-14,17,21H,8-11H2,1-7H3,(H,18,20)/t13-,14?,16-/m1/s1. The predicted octanol–water partition coefficient (Wildman–Crippen LogP) is 1.57. The van der Waals surface area contributed by atoms with E-state index in [1.807, 2.05) is 14.0 Å². The highest BCUT2D eigenvalue weighted by Crippen LogP contribution is 2.14. The molecule has 0 bridgehead atoms. The first-order chi connectivity index (χ1) is 9.69. The van der Waals surface area contributed by atoms with E-state index in [2.05, 4.69) is 36.3 Å². The predicted molar refractivity (Wildman–Crippen MR) is 88.1 cm³/mol. The molecule has 0 saturated heterocycles. The van der Waals surface area contributed by atoms with Gasteiger partial charge in [0.25, 0.3) is 0 Å². The summed E-state index contributed by atoms with van der Waals surface area (Å²) >= 11 is 0. The lowest BCUT2D eigenvalue weighted by molar-refractivity contribution is -0.129. The third-order valence-electron chi connectivity index (χ3n) is 4.33. The van der Waals surface area contributed by atoms with Crippen molar-refractivity contribution in [3.05, 3.63) is 0 Å². The van der Waals surface area contributed by atoms with E-state index in [-0.39, 0.29) is 17.9 Å². The number of carbonyl (C=O) groups is 1. The van der Waals surface area contributed by atoms with Crippen LogP contribution >= 0.6 is 0 Å². The number of nitrogens with zero attached hydrogens (tertiary/aromatic N) is 1. The van der Waals surface area contributed by atoms with Crippen LogP contribution in [-0.4, -0.2) is 54.4 Å². The Morgan fingerprint density at radius 3 is 2.29 bits per heavy atom. The van der Waals surface area contributed by atoms with Crippen LogP contribution in [0.2, 0.25) is 0 Å². The van der Waals surface area contributed by atoms with Crippen LogP contribution in [0.15, 0.2) is 0 Å². The second-order valence-corrected chi connectivity index (χ2v) is 6.39. The van der Waals surface area contributed by atoms with Crippen molar-refractivity contribution in [2.45, 2.75) is 71.7 Å². The molecule has 0 aromatic heterocycles. The molecule has 1 unspecified atom stereocenters. The van der Waals surface area contributed by atoms with Crippen molar-refractivity contribution in [3.8, 4) is 0 Å². The van der Waals surface area contributed by atoms with Gasteiger partial charge in [0.15, 0.2) is 0 Å². The lowest BCUT2D eigenvalue weighted by Gasteiger charge is -2.35. The van der Waals surface area contributed by atoms with Crippen molar-refractivity contribution in [2.75, 3.05) is 20.6 Å². The molecule has 0 spiro atoms. The van der Waals surface area contributed by atoms with Crippen molar-refractivity contribution in [1.82, 2.24) is 15.5 Å². The third-order valence-corrected chi connectivity index (χ3v) is 4.33. The SMILES string of the molecule is CCCC(NC(=O)[C@H](CC)CN(C)C(C)C)[C@@](C)(O)NC. The van der Waals surface area contributed by atoms with Gasteiger partial charge in [-0.1, -0.05) is 20.3 Å². The molecule has 5 nitrogen and oxygen atoms in total. The van der Waals surface area contributed by atoms with Crippen molar-refractivity contribution < 1.29 is 9.90 Å². The zero-order chi connectivity index (χ0) is 16.6. The molecule has 0 radical (unpaired) electrons. The van der Waals surface area contributed by atoms with E-state index in [1.165, 1.54) is 0 Å². The molecule has 3 N–H and O–H groups in total. The molecule has 0 rings (SSSR count). The Morgan fingerprint density at radius 1 is 1.33 bits per heavy atom. The van der Waals surface area contributed by atoms with Crippen molar-refractivity contribution >= 4 is 5.91 Å². The summed E-state index contributed by atoms with van der Waals surface area (Å²) in [5.74, 6) is -0.0246. The highest BCUT2D eigenvalue weighted by Gasteiger charge is 2.32. The van der Waals surface area contributed by atoms with Gasteiger partial charge in [-0.15, -0.1) is 0 Å². The molecular weight excluding hydrogens is 266 g/mol. The average molecular weight is 301 g/mol. The fraction of sp³-hybridized carbons (Fsp3) is 0.938. The van der Waals surface area contributed by atoms with Crippen LogP contribution in [0.3, 0.4) is 0 Å². The monoisotopic (exact) mass is 301 g/mol. The smallest absolute Gasteiger partial charge is 0.224 e. The maximum absolute atomic E-state index is 12.5. The summed E-state index contributed by atoms with van der Waals surface area (Å²) < 4.78 is 0. The second kappa shape index (κ2) is 9.38. The van der Waals surface area contributed by atoms with Crippen LogP contribution < -0.4 is 10.6 Å². The first-order valence-corrected chi connectivity index (χ1v) is 8.11. The number of amides is 1. The van der Waals surface area contributed by atoms with E-state index in [0.29, 0.717) is 6.04 Å². The van der Waals surface area contributed by atoms with Gasteiger partial charge in [-0.2, -0.15) is 0 Å². The van der Waals surface area contributed by atoms with Gasteiger partial charge < -0.3 is 15.3 Å². The Balaban J connectivity index is 4.78. The van der Waals surface area contributed by atoms with Crippen LogP contribution in [0.1, 0.15) is 53.9 Å². The van der Waals surface area contributed by atoms with E-state index >= 15 is 0 Å². The molecule has 21 heavy (non-hydrogen) atoms. The number of hydrogen-bond donors (Lipinski definition) is 3. The summed E-state index contributed by atoms with van der Waals surface area (Å²) in [6, 6.07) is 0.136. The van der Waals surface area contributed by atoms with Crippen molar-refractivity contribution in [1.29, 1.82) is 0 Å². The quantitative estimate of drug-likeness (QED) is 0.536. The van der Waals surface area contributed by atoms with E-state index in [0.717, 1.165) is 25.8 Å². The molecule has 0 saturated carbocycles. The molecule has 3 atom stereocenters. The van der Waals surface area contributed by atoms with Gasteiger partial charge in [0, 0.05) is 12.6 Å². The van der Waals surface area contributed by atoms with Crippen molar-refractivity contribution in [2.24, 2.45) is 5.92 Å². The molecule has 5 heteroatoms. The molecule has 126 valence electrons. The van der Waals surface area contributed by atoms with Crippen LogP contribution in [0, 0.1) is 5.92 Å². The second-order valence-electron chi connectivity index (χ2n) is 6.39. The maximum atomic E-state index is 12.5. The molecule has 0 aromatic rings. The van der Waals surface area contributed by atoms with Gasteiger partial charge in [-0.25, -0.2) is 0 Å². The average Bonchev–Trinajstić information content (AvgIpc) is 2.43. The normalized spacial score (nSPS) is 17.6. The molecule has 0 aromatic carbocycles. The van der Waals surface area contributed by atoms with Gasteiger partial charge in [-0.05, 0) is 47.7 Å².